The van der Waals surface area contributed by atoms with Gasteiger partial charge in [-0.3, -0.25) is 14.9 Å². The Labute approximate surface area is 172 Å². The Morgan fingerprint density at radius 3 is 2.21 bits per heavy atom. The number of methoxy groups -OCH3 is 1. The Bertz CT molecular complexity index is 781. The van der Waals surface area contributed by atoms with Crippen molar-refractivity contribution in [2.24, 2.45) is 0 Å². The lowest BCUT2D eigenvalue weighted by molar-refractivity contribution is -0.154. The highest BCUT2D eigenvalue weighted by Crippen LogP contribution is 2.16. The molecule has 29 heavy (non-hydrogen) atoms. The third kappa shape index (κ3) is 8.35. The second kappa shape index (κ2) is 10.6. The number of benzene rings is 2. The number of hydrogen-bond donors (Lipinski definition) is 1. The summed E-state index contributed by atoms with van der Waals surface area (Å²) in [6.07, 6.45) is 0.383. The molecule has 0 saturated carbocycles. The summed E-state index contributed by atoms with van der Waals surface area (Å²) in [7, 11) is 1.32. The van der Waals surface area contributed by atoms with Crippen LogP contribution in [0.3, 0.4) is 0 Å². The van der Waals surface area contributed by atoms with E-state index >= 15 is 0 Å². The number of hydrogen-bond acceptors (Lipinski definition) is 6. The fraction of sp³-hybridized carbons (Fsp3) is 0.391. The molecule has 1 N–H and O–H groups in total. The van der Waals surface area contributed by atoms with Gasteiger partial charge < -0.3 is 14.2 Å². The molecule has 2 rings (SSSR count). The minimum Gasteiger partial charge on any atom is -0.489 e. The van der Waals surface area contributed by atoms with Crippen molar-refractivity contribution in [3.05, 3.63) is 65.7 Å². The van der Waals surface area contributed by atoms with Crippen LogP contribution in [0.1, 0.15) is 31.9 Å². The van der Waals surface area contributed by atoms with Crippen LogP contribution < -0.4 is 10.1 Å². The monoisotopic (exact) mass is 399 g/mol. The van der Waals surface area contributed by atoms with Crippen LogP contribution in [0.5, 0.6) is 5.75 Å². The SMILES string of the molecule is COC(=O)C(Cc1ccc(OCc2ccccc2)cc1)NCC(=O)OC(C)(C)C. The summed E-state index contributed by atoms with van der Waals surface area (Å²) in [4.78, 5) is 24.0. The van der Waals surface area contributed by atoms with E-state index in [1.807, 2.05) is 54.6 Å². The average Bonchev–Trinajstić information content (AvgIpc) is 2.69. The number of carbonyl (C=O) groups excluding carboxylic acids is 2. The van der Waals surface area contributed by atoms with Crippen LogP contribution >= 0.6 is 0 Å². The Kier molecular flexibility index (Phi) is 8.21. The van der Waals surface area contributed by atoms with Gasteiger partial charge in [0.1, 0.15) is 24.0 Å². The van der Waals surface area contributed by atoms with Crippen LogP contribution in [-0.4, -0.2) is 37.2 Å². The van der Waals surface area contributed by atoms with Gasteiger partial charge in [-0.2, -0.15) is 0 Å². The highest BCUT2D eigenvalue weighted by molar-refractivity contribution is 5.78. The van der Waals surface area contributed by atoms with E-state index in [4.69, 9.17) is 14.2 Å². The molecule has 156 valence electrons. The maximum atomic E-state index is 12.1. The second-order valence-electron chi connectivity index (χ2n) is 7.67. The molecular weight excluding hydrogens is 370 g/mol. The first kappa shape index (κ1) is 22.4. The number of carbonyl (C=O) groups is 2. The highest BCUT2D eigenvalue weighted by atomic mass is 16.6. The number of rotatable bonds is 9. The van der Waals surface area contributed by atoms with E-state index in [1.165, 1.54) is 7.11 Å². The Morgan fingerprint density at radius 1 is 0.966 bits per heavy atom. The quantitative estimate of drug-likeness (QED) is 0.653. The molecule has 0 aliphatic carbocycles. The van der Waals surface area contributed by atoms with Crippen LogP contribution in [0, 0.1) is 0 Å². The summed E-state index contributed by atoms with van der Waals surface area (Å²) < 4.78 is 15.9. The first-order valence-electron chi connectivity index (χ1n) is 9.55. The lowest BCUT2D eigenvalue weighted by Gasteiger charge is -2.21. The largest absolute Gasteiger partial charge is 0.489 e. The van der Waals surface area contributed by atoms with Crippen LogP contribution in [0.2, 0.25) is 0 Å². The summed E-state index contributed by atoms with van der Waals surface area (Å²) in [6, 6.07) is 16.8. The third-order valence-electron chi connectivity index (χ3n) is 4.01. The van der Waals surface area contributed by atoms with Gasteiger partial charge in [0.25, 0.3) is 0 Å². The molecule has 0 aromatic heterocycles. The van der Waals surface area contributed by atoms with E-state index in [0.717, 1.165) is 16.9 Å². The lowest BCUT2D eigenvalue weighted by Crippen LogP contribution is -2.43. The molecule has 2 aromatic rings. The zero-order valence-electron chi connectivity index (χ0n) is 17.4. The zero-order valence-corrected chi connectivity index (χ0v) is 17.4. The van der Waals surface area contributed by atoms with Gasteiger partial charge in [0.2, 0.25) is 0 Å². The van der Waals surface area contributed by atoms with Crippen molar-refractivity contribution in [1.82, 2.24) is 5.32 Å². The summed E-state index contributed by atoms with van der Waals surface area (Å²) >= 11 is 0. The van der Waals surface area contributed by atoms with Gasteiger partial charge >= 0.3 is 11.9 Å². The summed E-state index contributed by atoms with van der Waals surface area (Å²) in [5.74, 6) is -0.108. The van der Waals surface area contributed by atoms with Crippen molar-refractivity contribution in [1.29, 1.82) is 0 Å². The number of nitrogens with one attached hydrogen (secondary N) is 1. The Morgan fingerprint density at radius 2 is 1.62 bits per heavy atom. The van der Waals surface area contributed by atoms with Gasteiger partial charge in [0.05, 0.1) is 13.7 Å². The minimum absolute atomic E-state index is 0.0741. The first-order chi connectivity index (χ1) is 13.8. The summed E-state index contributed by atoms with van der Waals surface area (Å²) in [5, 5.41) is 2.92. The first-order valence-corrected chi connectivity index (χ1v) is 9.55. The molecule has 1 atom stereocenters. The maximum absolute atomic E-state index is 12.1. The fourth-order valence-electron chi connectivity index (χ4n) is 2.66. The molecule has 0 aliphatic heterocycles. The molecule has 0 saturated heterocycles. The fourth-order valence-corrected chi connectivity index (χ4v) is 2.66. The maximum Gasteiger partial charge on any atom is 0.323 e. The van der Waals surface area contributed by atoms with Crippen molar-refractivity contribution in [2.45, 2.75) is 45.4 Å². The van der Waals surface area contributed by atoms with Crippen molar-refractivity contribution < 1.29 is 23.8 Å². The van der Waals surface area contributed by atoms with E-state index in [-0.39, 0.29) is 6.54 Å². The van der Waals surface area contributed by atoms with Crippen LogP contribution in [0.25, 0.3) is 0 Å². The summed E-state index contributed by atoms with van der Waals surface area (Å²) in [6.45, 7) is 5.80. The Hall–Kier alpha value is -2.86. The third-order valence-corrected chi connectivity index (χ3v) is 4.01. The Balaban J connectivity index is 1.91. The topological polar surface area (TPSA) is 73.9 Å². The molecule has 2 aromatic carbocycles. The van der Waals surface area contributed by atoms with Crippen LogP contribution in [0.15, 0.2) is 54.6 Å². The van der Waals surface area contributed by atoms with Crippen molar-refractivity contribution >= 4 is 11.9 Å². The van der Waals surface area contributed by atoms with E-state index in [9.17, 15) is 9.59 Å². The smallest absolute Gasteiger partial charge is 0.323 e. The molecule has 6 heteroatoms. The predicted molar refractivity (Wildman–Crippen MR) is 111 cm³/mol. The number of ether oxygens (including phenoxy) is 3. The van der Waals surface area contributed by atoms with E-state index in [0.29, 0.717) is 13.0 Å². The van der Waals surface area contributed by atoms with Crippen molar-refractivity contribution in [2.75, 3.05) is 13.7 Å². The van der Waals surface area contributed by atoms with Gasteiger partial charge in [0.15, 0.2) is 0 Å². The lowest BCUT2D eigenvalue weighted by atomic mass is 10.1. The standard InChI is InChI=1S/C23H29NO5/c1-23(2,3)29-21(25)15-24-20(22(26)27-4)14-17-10-12-19(13-11-17)28-16-18-8-6-5-7-9-18/h5-13,20,24H,14-16H2,1-4H3. The van der Waals surface area contributed by atoms with E-state index in [1.54, 1.807) is 20.8 Å². The molecule has 0 spiro atoms. The van der Waals surface area contributed by atoms with Crippen molar-refractivity contribution in [3.63, 3.8) is 0 Å². The molecule has 0 radical (unpaired) electrons. The van der Waals surface area contributed by atoms with Crippen LogP contribution in [0.4, 0.5) is 0 Å². The van der Waals surface area contributed by atoms with Crippen molar-refractivity contribution in [3.8, 4) is 5.75 Å². The predicted octanol–water partition coefficient (Wildman–Crippen LogP) is 3.28. The molecular formula is C23H29NO5. The molecule has 6 nitrogen and oxygen atoms in total. The normalized spacial score (nSPS) is 12.1. The number of esters is 2. The summed E-state index contributed by atoms with van der Waals surface area (Å²) in [5.41, 5.74) is 1.44. The van der Waals surface area contributed by atoms with Gasteiger partial charge in [-0.1, -0.05) is 42.5 Å². The minimum atomic E-state index is -0.649. The molecule has 0 heterocycles. The molecule has 0 bridgehead atoms. The van der Waals surface area contributed by atoms with Crippen LogP contribution in [-0.2, 0) is 32.1 Å². The van der Waals surface area contributed by atoms with Gasteiger partial charge in [-0.25, -0.2) is 0 Å². The average molecular weight is 399 g/mol. The molecule has 0 aliphatic rings. The molecule has 0 amide bonds. The molecule has 0 fully saturated rings. The zero-order chi connectivity index (χ0) is 21.3. The molecule has 1 unspecified atom stereocenters. The van der Waals surface area contributed by atoms with E-state index in [2.05, 4.69) is 5.32 Å². The second-order valence-corrected chi connectivity index (χ2v) is 7.67. The van der Waals surface area contributed by atoms with E-state index < -0.39 is 23.6 Å². The van der Waals surface area contributed by atoms with Gasteiger partial charge in [0, 0.05) is 0 Å². The van der Waals surface area contributed by atoms with Gasteiger partial charge in [-0.05, 0) is 50.5 Å². The van der Waals surface area contributed by atoms with Gasteiger partial charge in [-0.15, -0.1) is 0 Å². The highest BCUT2D eigenvalue weighted by Gasteiger charge is 2.22.